The number of rotatable bonds is 7. The van der Waals surface area contributed by atoms with Crippen LogP contribution in [0.15, 0.2) is 36.4 Å². The van der Waals surface area contributed by atoms with E-state index in [0.717, 1.165) is 25.1 Å². The van der Waals surface area contributed by atoms with E-state index in [1.807, 2.05) is 12.1 Å². The van der Waals surface area contributed by atoms with Crippen molar-refractivity contribution in [3.63, 3.8) is 0 Å². The molecule has 2 heteroatoms. The highest BCUT2D eigenvalue weighted by Gasteiger charge is 2.09. The maximum atomic E-state index is 5.15. The summed E-state index contributed by atoms with van der Waals surface area (Å²) in [6.07, 6.45) is 2.13. The second-order valence-corrected chi connectivity index (χ2v) is 4.41. The van der Waals surface area contributed by atoms with Crippen molar-refractivity contribution in [1.29, 1.82) is 0 Å². The summed E-state index contributed by atoms with van der Waals surface area (Å²) in [5.74, 6) is 0.905. The molecule has 0 spiro atoms. The van der Waals surface area contributed by atoms with Gasteiger partial charge in [-0.3, -0.25) is 0 Å². The topological polar surface area (TPSA) is 21.3 Å². The molecule has 0 heterocycles. The molecule has 0 saturated carbocycles. The van der Waals surface area contributed by atoms with Crippen LogP contribution >= 0.6 is 0 Å². The molecule has 0 amide bonds. The van der Waals surface area contributed by atoms with Crippen molar-refractivity contribution < 1.29 is 4.74 Å². The molecule has 0 aliphatic carbocycles. The van der Waals surface area contributed by atoms with Gasteiger partial charge in [0.25, 0.3) is 0 Å². The molecule has 1 N–H and O–H groups in total. The van der Waals surface area contributed by atoms with Gasteiger partial charge >= 0.3 is 0 Å². The van der Waals surface area contributed by atoms with E-state index in [4.69, 9.17) is 4.74 Å². The summed E-state index contributed by atoms with van der Waals surface area (Å²) in [7, 11) is 1.69. The van der Waals surface area contributed by atoms with E-state index in [1.165, 1.54) is 11.1 Å². The molecule has 0 radical (unpaired) electrons. The van der Waals surface area contributed by atoms with E-state index in [2.05, 4.69) is 37.9 Å². The van der Waals surface area contributed by atoms with Crippen LogP contribution in [-0.2, 0) is 6.42 Å². The number of hydrogen-bond donors (Lipinski definition) is 1. The molecular weight excluding hydrogens is 210 g/mol. The van der Waals surface area contributed by atoms with E-state index in [0.29, 0.717) is 6.04 Å². The zero-order valence-corrected chi connectivity index (χ0v) is 11.1. The zero-order valence-electron chi connectivity index (χ0n) is 11.1. The van der Waals surface area contributed by atoms with Gasteiger partial charge in [0.1, 0.15) is 5.75 Å². The standard InChI is InChI=1S/C15H23NO/c1-5-10-16-15(12(2)3)11-13-6-8-14(17-4)9-7-13/h6-9,15-16H,2,5,10-11H2,1,3-4H3. The number of benzene rings is 1. The van der Waals surface area contributed by atoms with Crippen molar-refractivity contribution in [3.05, 3.63) is 42.0 Å². The number of methoxy groups -OCH3 is 1. The summed E-state index contributed by atoms with van der Waals surface area (Å²) >= 11 is 0. The van der Waals surface area contributed by atoms with Gasteiger partial charge in [0, 0.05) is 6.04 Å². The van der Waals surface area contributed by atoms with E-state index < -0.39 is 0 Å². The maximum Gasteiger partial charge on any atom is 0.118 e. The Morgan fingerprint density at radius 3 is 2.47 bits per heavy atom. The van der Waals surface area contributed by atoms with Crippen molar-refractivity contribution in [3.8, 4) is 5.75 Å². The van der Waals surface area contributed by atoms with E-state index in [1.54, 1.807) is 7.11 Å². The van der Waals surface area contributed by atoms with Crippen molar-refractivity contribution >= 4 is 0 Å². The highest BCUT2D eigenvalue weighted by atomic mass is 16.5. The maximum absolute atomic E-state index is 5.15. The lowest BCUT2D eigenvalue weighted by Gasteiger charge is -2.18. The van der Waals surface area contributed by atoms with Gasteiger partial charge in [-0.25, -0.2) is 0 Å². The Hall–Kier alpha value is -1.28. The average Bonchev–Trinajstić information content (AvgIpc) is 2.35. The van der Waals surface area contributed by atoms with Crippen molar-refractivity contribution in [2.75, 3.05) is 13.7 Å². The Kier molecular flexibility index (Phi) is 5.78. The van der Waals surface area contributed by atoms with Gasteiger partial charge in [-0.15, -0.1) is 0 Å². The zero-order chi connectivity index (χ0) is 12.7. The summed E-state index contributed by atoms with van der Waals surface area (Å²) in [5, 5.41) is 3.52. The second kappa shape index (κ2) is 7.13. The van der Waals surface area contributed by atoms with Crippen LogP contribution < -0.4 is 10.1 Å². The Bertz CT molecular complexity index is 342. The Balaban J connectivity index is 2.61. The molecule has 1 aromatic rings. The van der Waals surface area contributed by atoms with Crippen LogP contribution in [0.5, 0.6) is 5.75 Å². The molecule has 1 unspecified atom stereocenters. The quantitative estimate of drug-likeness (QED) is 0.730. The van der Waals surface area contributed by atoms with Crippen molar-refractivity contribution in [1.82, 2.24) is 5.32 Å². The predicted molar refractivity (Wildman–Crippen MR) is 73.6 cm³/mol. The van der Waals surface area contributed by atoms with Crippen LogP contribution in [0.25, 0.3) is 0 Å². The highest BCUT2D eigenvalue weighted by Crippen LogP contribution is 2.14. The summed E-state index contributed by atoms with van der Waals surface area (Å²) in [5.41, 5.74) is 2.50. The molecule has 0 bridgehead atoms. The summed E-state index contributed by atoms with van der Waals surface area (Å²) < 4.78 is 5.15. The van der Waals surface area contributed by atoms with Crippen LogP contribution in [0.3, 0.4) is 0 Å². The third-order valence-electron chi connectivity index (χ3n) is 2.83. The van der Waals surface area contributed by atoms with E-state index in [-0.39, 0.29) is 0 Å². The lowest BCUT2D eigenvalue weighted by atomic mass is 10.0. The average molecular weight is 233 g/mol. The summed E-state index contributed by atoms with van der Waals surface area (Å²) in [4.78, 5) is 0. The third-order valence-corrected chi connectivity index (χ3v) is 2.83. The fourth-order valence-electron chi connectivity index (χ4n) is 1.74. The van der Waals surface area contributed by atoms with Gasteiger partial charge < -0.3 is 10.1 Å². The number of hydrogen-bond acceptors (Lipinski definition) is 2. The normalized spacial score (nSPS) is 12.2. The molecule has 0 aromatic heterocycles. The first-order valence-electron chi connectivity index (χ1n) is 6.19. The van der Waals surface area contributed by atoms with Gasteiger partial charge in [0.15, 0.2) is 0 Å². The van der Waals surface area contributed by atoms with Gasteiger partial charge in [0.2, 0.25) is 0 Å². The molecule has 0 fully saturated rings. The van der Waals surface area contributed by atoms with Crippen LogP contribution in [0.2, 0.25) is 0 Å². The Morgan fingerprint density at radius 1 is 1.35 bits per heavy atom. The SMILES string of the molecule is C=C(C)C(Cc1ccc(OC)cc1)NCCC. The molecule has 2 nitrogen and oxygen atoms in total. The molecular formula is C15H23NO. The minimum atomic E-state index is 0.364. The molecule has 0 saturated heterocycles. The minimum absolute atomic E-state index is 0.364. The summed E-state index contributed by atoms with van der Waals surface area (Å²) in [6, 6.07) is 8.60. The fraction of sp³-hybridized carbons (Fsp3) is 0.467. The molecule has 1 rings (SSSR count). The first kappa shape index (κ1) is 13.8. The van der Waals surface area contributed by atoms with Crippen LogP contribution in [0, 0.1) is 0 Å². The Morgan fingerprint density at radius 2 is 2.00 bits per heavy atom. The number of ether oxygens (including phenoxy) is 1. The second-order valence-electron chi connectivity index (χ2n) is 4.41. The Labute approximate surface area is 105 Å². The first-order chi connectivity index (χ1) is 8.17. The van der Waals surface area contributed by atoms with Gasteiger partial charge in [0.05, 0.1) is 7.11 Å². The molecule has 1 aromatic carbocycles. The van der Waals surface area contributed by atoms with Crippen LogP contribution in [0.1, 0.15) is 25.8 Å². The molecule has 17 heavy (non-hydrogen) atoms. The monoisotopic (exact) mass is 233 g/mol. The van der Waals surface area contributed by atoms with E-state index >= 15 is 0 Å². The minimum Gasteiger partial charge on any atom is -0.497 e. The summed E-state index contributed by atoms with van der Waals surface area (Å²) in [6.45, 7) is 9.34. The smallest absolute Gasteiger partial charge is 0.118 e. The van der Waals surface area contributed by atoms with Crippen LogP contribution in [-0.4, -0.2) is 19.7 Å². The molecule has 0 aliphatic rings. The van der Waals surface area contributed by atoms with E-state index in [9.17, 15) is 0 Å². The van der Waals surface area contributed by atoms with Crippen molar-refractivity contribution in [2.24, 2.45) is 0 Å². The van der Waals surface area contributed by atoms with Crippen molar-refractivity contribution in [2.45, 2.75) is 32.7 Å². The molecule has 94 valence electrons. The molecule has 1 atom stereocenters. The molecule has 0 aliphatic heterocycles. The first-order valence-corrected chi connectivity index (χ1v) is 6.19. The highest BCUT2D eigenvalue weighted by molar-refractivity contribution is 5.28. The van der Waals surface area contributed by atoms with Gasteiger partial charge in [-0.05, 0) is 44.0 Å². The number of nitrogens with one attached hydrogen (secondary N) is 1. The predicted octanol–water partition coefficient (Wildman–Crippen LogP) is 3.18. The fourth-order valence-corrected chi connectivity index (χ4v) is 1.74. The van der Waals surface area contributed by atoms with Gasteiger partial charge in [-0.2, -0.15) is 0 Å². The lowest BCUT2D eigenvalue weighted by Crippen LogP contribution is -2.32. The van der Waals surface area contributed by atoms with Gasteiger partial charge in [-0.1, -0.05) is 31.2 Å². The lowest BCUT2D eigenvalue weighted by molar-refractivity contribution is 0.414. The third kappa shape index (κ3) is 4.61. The largest absolute Gasteiger partial charge is 0.497 e. The van der Waals surface area contributed by atoms with Crippen LogP contribution in [0.4, 0.5) is 0 Å².